The molecule has 0 aliphatic carbocycles. The molecular formula is C18H25ClN4O2S. The van der Waals surface area contributed by atoms with Crippen LogP contribution in [0.4, 0.5) is 0 Å². The van der Waals surface area contributed by atoms with Gasteiger partial charge in [-0.3, -0.25) is 4.79 Å². The molecule has 0 aliphatic rings. The predicted molar refractivity (Wildman–Crippen MR) is 105 cm³/mol. The standard InChI is InChI=1S/C18H25ClN4O2S/c1-12(2)9-10-20-17(24)13(3)26-18-22-21-16(23(18)4)11-25-15-8-6-5-7-14(15)19/h5-8,12-13H,9-11H2,1-4H3,(H,20,24). The van der Waals surface area contributed by atoms with Crippen molar-refractivity contribution in [1.29, 1.82) is 0 Å². The number of nitrogens with one attached hydrogen (secondary N) is 1. The van der Waals surface area contributed by atoms with Gasteiger partial charge in [0.1, 0.15) is 12.4 Å². The van der Waals surface area contributed by atoms with Gasteiger partial charge in [-0.05, 0) is 31.4 Å². The highest BCUT2D eigenvalue weighted by Gasteiger charge is 2.19. The molecule has 0 fully saturated rings. The van der Waals surface area contributed by atoms with Crippen molar-refractivity contribution in [1.82, 2.24) is 20.1 Å². The number of hydrogen-bond acceptors (Lipinski definition) is 5. The smallest absolute Gasteiger partial charge is 0.233 e. The zero-order chi connectivity index (χ0) is 19.1. The molecule has 0 saturated heterocycles. The van der Waals surface area contributed by atoms with E-state index in [-0.39, 0.29) is 17.8 Å². The first kappa shape index (κ1) is 20.6. The van der Waals surface area contributed by atoms with Crippen LogP contribution in [0.25, 0.3) is 0 Å². The maximum absolute atomic E-state index is 12.2. The van der Waals surface area contributed by atoms with Crippen molar-refractivity contribution in [2.75, 3.05) is 6.54 Å². The molecule has 1 N–H and O–H groups in total. The molecule has 0 bridgehead atoms. The van der Waals surface area contributed by atoms with Crippen LogP contribution in [0, 0.1) is 5.92 Å². The fraction of sp³-hybridized carbons (Fsp3) is 0.500. The minimum Gasteiger partial charge on any atom is -0.484 e. The SMILES string of the molecule is CC(C)CCNC(=O)C(C)Sc1nnc(COc2ccccc2Cl)n1C. The molecule has 0 radical (unpaired) electrons. The lowest BCUT2D eigenvalue weighted by Crippen LogP contribution is -2.32. The summed E-state index contributed by atoms with van der Waals surface area (Å²) in [6, 6.07) is 7.28. The number of ether oxygens (including phenoxy) is 1. The first-order chi connectivity index (χ1) is 12.4. The van der Waals surface area contributed by atoms with Gasteiger partial charge in [0.2, 0.25) is 5.91 Å². The fourth-order valence-electron chi connectivity index (χ4n) is 2.12. The van der Waals surface area contributed by atoms with Crippen molar-refractivity contribution in [3.8, 4) is 5.75 Å². The summed E-state index contributed by atoms with van der Waals surface area (Å²) in [6.07, 6.45) is 0.969. The number of carbonyl (C=O) groups is 1. The van der Waals surface area contributed by atoms with Crippen LogP contribution >= 0.6 is 23.4 Å². The van der Waals surface area contributed by atoms with E-state index < -0.39 is 0 Å². The summed E-state index contributed by atoms with van der Waals surface area (Å²) >= 11 is 7.46. The highest BCUT2D eigenvalue weighted by Crippen LogP contribution is 2.25. The largest absolute Gasteiger partial charge is 0.484 e. The van der Waals surface area contributed by atoms with E-state index in [1.807, 2.05) is 30.7 Å². The zero-order valence-corrected chi connectivity index (χ0v) is 17.1. The van der Waals surface area contributed by atoms with Gasteiger partial charge in [-0.15, -0.1) is 10.2 Å². The van der Waals surface area contributed by atoms with E-state index in [0.717, 1.165) is 6.42 Å². The number of hydrogen-bond donors (Lipinski definition) is 1. The van der Waals surface area contributed by atoms with Gasteiger partial charge in [-0.25, -0.2) is 0 Å². The van der Waals surface area contributed by atoms with E-state index in [1.165, 1.54) is 11.8 Å². The number of benzene rings is 1. The number of rotatable bonds is 9. The fourth-order valence-corrected chi connectivity index (χ4v) is 3.17. The summed E-state index contributed by atoms with van der Waals surface area (Å²) in [5.41, 5.74) is 0. The van der Waals surface area contributed by atoms with Gasteiger partial charge in [0.15, 0.2) is 11.0 Å². The molecule has 2 rings (SSSR count). The molecule has 0 spiro atoms. The van der Waals surface area contributed by atoms with Crippen LogP contribution < -0.4 is 10.1 Å². The number of amides is 1. The number of carbonyl (C=O) groups excluding carboxylic acids is 1. The van der Waals surface area contributed by atoms with Gasteiger partial charge in [0.25, 0.3) is 0 Å². The second-order valence-electron chi connectivity index (χ2n) is 6.41. The number of nitrogens with zero attached hydrogens (tertiary/aromatic N) is 3. The average molecular weight is 397 g/mol. The summed E-state index contributed by atoms with van der Waals surface area (Å²) < 4.78 is 7.53. The number of thioether (sulfide) groups is 1. The highest BCUT2D eigenvalue weighted by atomic mass is 35.5. The Morgan fingerprint density at radius 1 is 1.31 bits per heavy atom. The Labute approximate surface area is 163 Å². The lowest BCUT2D eigenvalue weighted by atomic mass is 10.1. The van der Waals surface area contributed by atoms with Crippen LogP contribution in [0.1, 0.15) is 33.0 Å². The molecular weight excluding hydrogens is 372 g/mol. The van der Waals surface area contributed by atoms with Gasteiger partial charge in [0.05, 0.1) is 10.3 Å². The Hall–Kier alpha value is -1.73. The Morgan fingerprint density at radius 2 is 2.04 bits per heavy atom. The van der Waals surface area contributed by atoms with Gasteiger partial charge in [-0.2, -0.15) is 0 Å². The molecule has 0 saturated carbocycles. The molecule has 1 unspecified atom stereocenters. The molecule has 1 atom stereocenters. The second kappa shape index (κ2) is 9.83. The van der Waals surface area contributed by atoms with E-state index >= 15 is 0 Å². The Balaban J connectivity index is 1.89. The number of para-hydroxylation sites is 1. The van der Waals surface area contributed by atoms with E-state index in [4.69, 9.17) is 16.3 Å². The van der Waals surface area contributed by atoms with Crippen LogP contribution in [0.5, 0.6) is 5.75 Å². The summed E-state index contributed by atoms with van der Waals surface area (Å²) in [5.74, 6) is 1.84. The minimum absolute atomic E-state index is 0.00696. The van der Waals surface area contributed by atoms with Crippen LogP contribution in [-0.4, -0.2) is 32.5 Å². The van der Waals surface area contributed by atoms with Crippen molar-refractivity contribution in [2.24, 2.45) is 13.0 Å². The van der Waals surface area contributed by atoms with Crippen LogP contribution in [0.15, 0.2) is 29.4 Å². The minimum atomic E-state index is -0.248. The number of halogens is 1. The second-order valence-corrected chi connectivity index (χ2v) is 8.13. The van der Waals surface area contributed by atoms with Crippen molar-refractivity contribution < 1.29 is 9.53 Å². The molecule has 8 heteroatoms. The molecule has 6 nitrogen and oxygen atoms in total. The molecule has 1 aromatic heterocycles. The summed E-state index contributed by atoms with van der Waals surface area (Å²) in [4.78, 5) is 12.2. The van der Waals surface area contributed by atoms with E-state index in [0.29, 0.717) is 34.2 Å². The molecule has 1 heterocycles. The molecule has 1 aromatic carbocycles. The van der Waals surface area contributed by atoms with Crippen molar-refractivity contribution >= 4 is 29.3 Å². The molecule has 26 heavy (non-hydrogen) atoms. The highest BCUT2D eigenvalue weighted by molar-refractivity contribution is 8.00. The lowest BCUT2D eigenvalue weighted by Gasteiger charge is -2.12. The Bertz CT molecular complexity index is 736. The quantitative estimate of drug-likeness (QED) is 0.654. The monoisotopic (exact) mass is 396 g/mol. The average Bonchev–Trinajstić information content (AvgIpc) is 2.94. The van der Waals surface area contributed by atoms with Gasteiger partial charge in [-0.1, -0.05) is 49.3 Å². The summed E-state index contributed by atoms with van der Waals surface area (Å²) in [7, 11) is 1.86. The molecule has 2 aromatic rings. The zero-order valence-electron chi connectivity index (χ0n) is 15.5. The van der Waals surface area contributed by atoms with E-state index in [9.17, 15) is 4.79 Å². The van der Waals surface area contributed by atoms with Gasteiger partial charge >= 0.3 is 0 Å². The van der Waals surface area contributed by atoms with E-state index in [1.54, 1.807) is 12.1 Å². The molecule has 142 valence electrons. The third-order valence-electron chi connectivity index (χ3n) is 3.79. The van der Waals surface area contributed by atoms with Crippen molar-refractivity contribution in [3.05, 3.63) is 35.1 Å². The van der Waals surface area contributed by atoms with Crippen LogP contribution in [0.3, 0.4) is 0 Å². The normalized spacial score (nSPS) is 12.2. The van der Waals surface area contributed by atoms with Gasteiger partial charge < -0.3 is 14.6 Å². The third-order valence-corrected chi connectivity index (χ3v) is 5.24. The summed E-state index contributed by atoms with van der Waals surface area (Å²) in [5, 5.41) is 12.3. The Morgan fingerprint density at radius 3 is 2.73 bits per heavy atom. The first-order valence-corrected chi connectivity index (χ1v) is 9.84. The summed E-state index contributed by atoms with van der Waals surface area (Å²) in [6.45, 7) is 7.08. The Kier molecular flexibility index (Phi) is 7.78. The maximum atomic E-state index is 12.2. The predicted octanol–water partition coefficient (Wildman–Crippen LogP) is 3.69. The molecule has 1 amide bonds. The third kappa shape index (κ3) is 5.92. The van der Waals surface area contributed by atoms with E-state index in [2.05, 4.69) is 29.4 Å². The van der Waals surface area contributed by atoms with Gasteiger partial charge in [0, 0.05) is 13.6 Å². The first-order valence-electron chi connectivity index (χ1n) is 8.58. The molecule has 0 aliphatic heterocycles. The lowest BCUT2D eigenvalue weighted by molar-refractivity contribution is -0.120. The van der Waals surface area contributed by atoms with Crippen molar-refractivity contribution in [3.63, 3.8) is 0 Å². The number of aromatic nitrogens is 3. The van der Waals surface area contributed by atoms with Crippen LogP contribution in [-0.2, 0) is 18.4 Å². The topological polar surface area (TPSA) is 69.0 Å². The maximum Gasteiger partial charge on any atom is 0.233 e. The van der Waals surface area contributed by atoms with Crippen LogP contribution in [0.2, 0.25) is 5.02 Å². The van der Waals surface area contributed by atoms with Crippen molar-refractivity contribution in [2.45, 2.75) is 44.2 Å².